The molecule has 210 valence electrons. The number of unbranched alkanes of at least 4 members (excludes halogenated alkanes) is 17. The molecule has 2 N–H and O–H groups in total. The standard InChI is InChI=1S/C32H58O4/c1-2-3-4-15-18-22-28(29-24-21-25-30(27-29)32(35)36)23-19-16-13-11-9-7-5-6-8-10-12-14-17-20-26-31(33)34/h25,28-29H,2-24,26-27H2,1H3,(H,33,34)(H,35,36). The molecule has 0 amide bonds. The predicted molar refractivity (Wildman–Crippen MR) is 151 cm³/mol. The van der Waals surface area contributed by atoms with Crippen molar-refractivity contribution in [1.82, 2.24) is 0 Å². The maximum absolute atomic E-state index is 11.5. The van der Waals surface area contributed by atoms with Gasteiger partial charge in [0.15, 0.2) is 0 Å². The largest absolute Gasteiger partial charge is 0.481 e. The monoisotopic (exact) mass is 506 g/mol. The molecule has 0 aromatic heterocycles. The first-order chi connectivity index (χ1) is 17.5. The van der Waals surface area contributed by atoms with Crippen molar-refractivity contribution in [2.24, 2.45) is 11.8 Å². The van der Waals surface area contributed by atoms with Crippen molar-refractivity contribution in [3.05, 3.63) is 11.6 Å². The zero-order valence-corrected chi connectivity index (χ0v) is 23.6. The fourth-order valence-electron chi connectivity index (χ4n) is 5.95. The molecule has 0 radical (unpaired) electrons. The van der Waals surface area contributed by atoms with Crippen molar-refractivity contribution in [1.29, 1.82) is 0 Å². The van der Waals surface area contributed by atoms with E-state index in [0.717, 1.165) is 25.7 Å². The molecule has 0 aromatic rings. The molecule has 0 spiro atoms. The molecule has 0 bridgehead atoms. The van der Waals surface area contributed by atoms with Gasteiger partial charge in [0.05, 0.1) is 0 Å². The van der Waals surface area contributed by atoms with Crippen LogP contribution < -0.4 is 0 Å². The smallest absolute Gasteiger partial charge is 0.331 e. The van der Waals surface area contributed by atoms with Crippen molar-refractivity contribution in [3.63, 3.8) is 0 Å². The Bertz CT molecular complexity index is 583. The van der Waals surface area contributed by atoms with Crippen LogP contribution in [0.25, 0.3) is 0 Å². The van der Waals surface area contributed by atoms with Gasteiger partial charge in [0.25, 0.3) is 0 Å². The second kappa shape index (κ2) is 22.8. The molecule has 36 heavy (non-hydrogen) atoms. The van der Waals surface area contributed by atoms with E-state index in [0.29, 0.717) is 23.8 Å². The van der Waals surface area contributed by atoms with E-state index >= 15 is 0 Å². The molecule has 1 aliphatic rings. The second-order valence-electron chi connectivity index (χ2n) is 11.4. The lowest BCUT2D eigenvalue weighted by molar-refractivity contribution is -0.137. The van der Waals surface area contributed by atoms with E-state index in [1.165, 1.54) is 128 Å². The molecule has 0 fully saturated rings. The lowest BCUT2D eigenvalue weighted by Crippen LogP contribution is -2.21. The number of carboxylic acid groups (broad SMARTS) is 2. The summed E-state index contributed by atoms with van der Waals surface area (Å²) in [5, 5.41) is 18.1. The topological polar surface area (TPSA) is 74.6 Å². The molecule has 2 atom stereocenters. The molecule has 0 heterocycles. The molecule has 0 saturated carbocycles. The Balaban J connectivity index is 2.07. The summed E-state index contributed by atoms with van der Waals surface area (Å²) in [6.07, 6.45) is 32.2. The third kappa shape index (κ3) is 18.0. The van der Waals surface area contributed by atoms with E-state index in [-0.39, 0.29) is 0 Å². The van der Waals surface area contributed by atoms with Crippen LogP contribution in [-0.4, -0.2) is 22.2 Å². The summed E-state index contributed by atoms with van der Waals surface area (Å²) in [4.78, 5) is 22.0. The highest BCUT2D eigenvalue weighted by atomic mass is 16.4. The third-order valence-corrected chi connectivity index (χ3v) is 8.25. The number of allylic oxidation sites excluding steroid dienone is 1. The molecule has 1 rings (SSSR count). The van der Waals surface area contributed by atoms with Crippen molar-refractivity contribution < 1.29 is 19.8 Å². The van der Waals surface area contributed by atoms with Crippen molar-refractivity contribution >= 4 is 11.9 Å². The third-order valence-electron chi connectivity index (χ3n) is 8.25. The Hall–Kier alpha value is -1.32. The quantitative estimate of drug-likeness (QED) is 0.121. The van der Waals surface area contributed by atoms with Crippen molar-refractivity contribution in [3.8, 4) is 0 Å². The molecular weight excluding hydrogens is 448 g/mol. The first-order valence-corrected chi connectivity index (χ1v) is 15.7. The lowest BCUT2D eigenvalue weighted by atomic mass is 9.75. The van der Waals surface area contributed by atoms with Crippen molar-refractivity contribution in [2.75, 3.05) is 0 Å². The molecule has 0 aliphatic heterocycles. The molecule has 1 aliphatic carbocycles. The number of hydrogen-bond acceptors (Lipinski definition) is 2. The Labute approximate surface area is 222 Å². The number of rotatable bonds is 25. The summed E-state index contributed by atoms with van der Waals surface area (Å²) in [5.41, 5.74) is 0.665. The average Bonchev–Trinajstić information content (AvgIpc) is 2.86. The maximum atomic E-state index is 11.5. The minimum atomic E-state index is -0.700. The van der Waals surface area contributed by atoms with Crippen LogP contribution in [0.15, 0.2) is 11.6 Å². The van der Waals surface area contributed by atoms with E-state index in [2.05, 4.69) is 6.92 Å². The molecular formula is C32H58O4. The first kappa shape index (κ1) is 32.7. The summed E-state index contributed by atoms with van der Waals surface area (Å²) in [6, 6.07) is 0. The van der Waals surface area contributed by atoms with Crippen LogP contribution in [0.3, 0.4) is 0 Å². The molecule has 4 heteroatoms. The molecule has 2 unspecified atom stereocenters. The van der Waals surface area contributed by atoms with E-state index in [1.807, 2.05) is 6.08 Å². The van der Waals surface area contributed by atoms with Crippen molar-refractivity contribution in [2.45, 2.75) is 167 Å². The van der Waals surface area contributed by atoms with Gasteiger partial charge in [0.2, 0.25) is 0 Å². The Morgan fingerprint density at radius 2 is 1.17 bits per heavy atom. The summed E-state index contributed by atoms with van der Waals surface area (Å²) in [6.45, 7) is 2.27. The zero-order chi connectivity index (χ0) is 26.3. The van der Waals surface area contributed by atoms with E-state index in [1.54, 1.807) is 0 Å². The van der Waals surface area contributed by atoms with Crippen LogP contribution in [0.4, 0.5) is 0 Å². The lowest BCUT2D eigenvalue weighted by Gasteiger charge is -2.30. The van der Waals surface area contributed by atoms with Gasteiger partial charge in [-0.2, -0.15) is 0 Å². The van der Waals surface area contributed by atoms with E-state index in [9.17, 15) is 14.7 Å². The van der Waals surface area contributed by atoms with Crippen LogP contribution in [0.5, 0.6) is 0 Å². The fourth-order valence-corrected chi connectivity index (χ4v) is 5.95. The van der Waals surface area contributed by atoms with E-state index in [4.69, 9.17) is 5.11 Å². The highest BCUT2D eigenvalue weighted by Crippen LogP contribution is 2.36. The highest BCUT2D eigenvalue weighted by molar-refractivity contribution is 5.86. The Morgan fingerprint density at radius 3 is 1.61 bits per heavy atom. The summed E-state index contributed by atoms with van der Waals surface area (Å²) in [5.74, 6) is -0.0706. The number of carbonyl (C=O) groups is 2. The van der Waals surface area contributed by atoms with E-state index < -0.39 is 11.9 Å². The van der Waals surface area contributed by atoms with Gasteiger partial charge >= 0.3 is 11.9 Å². The molecule has 0 saturated heterocycles. The Kier molecular flexibility index (Phi) is 20.8. The van der Waals surface area contributed by atoms with Gasteiger partial charge in [0, 0.05) is 12.0 Å². The first-order valence-electron chi connectivity index (χ1n) is 15.7. The van der Waals surface area contributed by atoms with Gasteiger partial charge < -0.3 is 10.2 Å². The minimum Gasteiger partial charge on any atom is -0.481 e. The van der Waals surface area contributed by atoms with Gasteiger partial charge in [-0.25, -0.2) is 4.79 Å². The van der Waals surface area contributed by atoms with Gasteiger partial charge in [-0.3, -0.25) is 4.79 Å². The SMILES string of the molecule is CCCCCCCC(CCCCCCCCCCCCCCCCC(=O)O)C1CCC=C(C(=O)O)C1. The number of aliphatic carboxylic acids is 2. The fraction of sp³-hybridized carbons (Fsp3) is 0.875. The minimum absolute atomic E-state index is 0.325. The molecule has 0 aromatic carbocycles. The summed E-state index contributed by atoms with van der Waals surface area (Å²) < 4.78 is 0. The zero-order valence-electron chi connectivity index (χ0n) is 23.6. The number of carboxylic acids is 2. The second-order valence-corrected chi connectivity index (χ2v) is 11.4. The van der Waals surface area contributed by atoms with Crippen LogP contribution in [-0.2, 0) is 9.59 Å². The average molecular weight is 507 g/mol. The van der Waals surface area contributed by atoms with Gasteiger partial charge in [0.1, 0.15) is 0 Å². The maximum Gasteiger partial charge on any atom is 0.331 e. The van der Waals surface area contributed by atoms with Gasteiger partial charge in [-0.05, 0) is 37.5 Å². The molecule has 4 nitrogen and oxygen atoms in total. The van der Waals surface area contributed by atoms with Crippen LogP contribution in [0, 0.1) is 11.8 Å². The summed E-state index contributed by atoms with van der Waals surface area (Å²) in [7, 11) is 0. The Morgan fingerprint density at radius 1 is 0.722 bits per heavy atom. The van der Waals surface area contributed by atoms with Crippen LogP contribution >= 0.6 is 0 Å². The van der Waals surface area contributed by atoms with Gasteiger partial charge in [-0.15, -0.1) is 0 Å². The predicted octanol–water partition coefficient (Wildman–Crippen LogP) is 10.1. The van der Waals surface area contributed by atoms with Crippen LogP contribution in [0.1, 0.15) is 167 Å². The normalized spacial score (nSPS) is 16.6. The summed E-state index contributed by atoms with van der Waals surface area (Å²) >= 11 is 0. The number of hydrogen-bond donors (Lipinski definition) is 2. The highest BCUT2D eigenvalue weighted by Gasteiger charge is 2.26. The van der Waals surface area contributed by atoms with Crippen LogP contribution in [0.2, 0.25) is 0 Å². The van der Waals surface area contributed by atoms with Gasteiger partial charge in [-0.1, -0.05) is 141 Å².